The SMILES string of the molecule is CCC[C@H](C)N1CCN(S(=O)(=O)c2cc(-c3onc(C)c3C)ccc2OC)CC1. The van der Waals surface area contributed by atoms with Gasteiger partial charge in [0.15, 0.2) is 5.76 Å². The average Bonchev–Trinajstić information content (AvgIpc) is 3.06. The number of aryl methyl sites for hydroxylation is 1. The summed E-state index contributed by atoms with van der Waals surface area (Å²) in [4.78, 5) is 2.53. The van der Waals surface area contributed by atoms with Crippen molar-refractivity contribution in [3.05, 3.63) is 29.5 Å². The first-order valence-corrected chi connectivity index (χ1v) is 11.6. The minimum Gasteiger partial charge on any atom is -0.495 e. The molecule has 7 nitrogen and oxygen atoms in total. The Balaban J connectivity index is 1.88. The summed E-state index contributed by atoms with van der Waals surface area (Å²) in [5.74, 6) is 0.921. The van der Waals surface area contributed by atoms with Crippen molar-refractivity contribution in [2.75, 3.05) is 33.3 Å². The highest BCUT2D eigenvalue weighted by Gasteiger charge is 2.32. The fourth-order valence-corrected chi connectivity index (χ4v) is 5.43. The molecule has 1 saturated heterocycles. The van der Waals surface area contributed by atoms with Gasteiger partial charge in [0.2, 0.25) is 10.0 Å². The van der Waals surface area contributed by atoms with E-state index >= 15 is 0 Å². The van der Waals surface area contributed by atoms with Crippen LogP contribution in [-0.2, 0) is 10.0 Å². The van der Waals surface area contributed by atoms with Crippen molar-refractivity contribution in [1.29, 1.82) is 0 Å². The number of aromatic nitrogens is 1. The lowest BCUT2D eigenvalue weighted by molar-refractivity contribution is 0.139. The molecule has 0 radical (unpaired) electrons. The molecule has 29 heavy (non-hydrogen) atoms. The van der Waals surface area contributed by atoms with Gasteiger partial charge in [0, 0.05) is 43.3 Å². The number of rotatable bonds is 7. The second-order valence-corrected chi connectivity index (χ2v) is 9.57. The number of nitrogens with zero attached hydrogens (tertiary/aromatic N) is 3. The molecule has 1 aromatic carbocycles. The van der Waals surface area contributed by atoms with Crippen molar-refractivity contribution in [1.82, 2.24) is 14.4 Å². The van der Waals surface area contributed by atoms with Gasteiger partial charge in [-0.1, -0.05) is 18.5 Å². The van der Waals surface area contributed by atoms with E-state index in [4.69, 9.17) is 9.26 Å². The number of piperazine rings is 1. The normalized spacial score (nSPS) is 17.4. The first-order chi connectivity index (χ1) is 13.8. The van der Waals surface area contributed by atoms with Gasteiger partial charge in [0.25, 0.3) is 0 Å². The number of ether oxygens (including phenoxy) is 1. The summed E-state index contributed by atoms with van der Waals surface area (Å²) in [6, 6.07) is 5.59. The molecule has 1 aromatic heterocycles. The number of benzene rings is 1. The zero-order valence-electron chi connectivity index (χ0n) is 17.9. The number of hydrogen-bond donors (Lipinski definition) is 0. The second-order valence-electron chi connectivity index (χ2n) is 7.67. The lowest BCUT2D eigenvalue weighted by Gasteiger charge is -2.37. The molecule has 0 aliphatic carbocycles. The highest BCUT2D eigenvalue weighted by atomic mass is 32.2. The Kier molecular flexibility index (Phi) is 6.65. The van der Waals surface area contributed by atoms with E-state index in [1.54, 1.807) is 22.5 Å². The first-order valence-electron chi connectivity index (χ1n) is 10.1. The van der Waals surface area contributed by atoms with E-state index in [-0.39, 0.29) is 4.90 Å². The van der Waals surface area contributed by atoms with Crippen molar-refractivity contribution in [3.63, 3.8) is 0 Å². The minimum atomic E-state index is -3.68. The standard InChI is InChI=1S/C21H31N3O4S/c1-6-7-15(2)23-10-12-24(13-11-23)29(25,26)20-14-18(8-9-19(20)27-5)21-16(3)17(4)22-28-21/h8-9,14-15H,6-7,10-13H2,1-5H3/t15-/m0/s1. The van der Waals surface area contributed by atoms with Crippen molar-refractivity contribution >= 4 is 10.0 Å². The number of methoxy groups -OCH3 is 1. The maximum atomic E-state index is 13.4. The summed E-state index contributed by atoms with van der Waals surface area (Å²) in [5, 5.41) is 3.99. The van der Waals surface area contributed by atoms with E-state index in [1.807, 2.05) is 13.8 Å². The highest BCUT2D eigenvalue weighted by molar-refractivity contribution is 7.89. The van der Waals surface area contributed by atoms with Crippen LogP contribution in [0.1, 0.15) is 37.9 Å². The van der Waals surface area contributed by atoms with Crippen LogP contribution in [0.2, 0.25) is 0 Å². The third-order valence-electron chi connectivity index (χ3n) is 5.80. The van der Waals surface area contributed by atoms with Crippen LogP contribution in [0.25, 0.3) is 11.3 Å². The fourth-order valence-electron chi connectivity index (χ4n) is 3.83. The second kappa shape index (κ2) is 8.85. The Morgan fingerprint density at radius 3 is 2.45 bits per heavy atom. The fraction of sp³-hybridized carbons (Fsp3) is 0.571. The van der Waals surface area contributed by atoms with Crippen molar-refractivity contribution in [2.24, 2.45) is 0 Å². The van der Waals surface area contributed by atoms with Gasteiger partial charge < -0.3 is 9.26 Å². The van der Waals surface area contributed by atoms with E-state index in [0.29, 0.717) is 36.2 Å². The molecule has 0 saturated carbocycles. The van der Waals surface area contributed by atoms with Gasteiger partial charge in [-0.2, -0.15) is 4.31 Å². The van der Waals surface area contributed by atoms with Crippen LogP contribution >= 0.6 is 0 Å². The lowest BCUT2D eigenvalue weighted by Crippen LogP contribution is -2.51. The number of hydrogen-bond acceptors (Lipinski definition) is 6. The Hall–Kier alpha value is -1.90. The van der Waals surface area contributed by atoms with Crippen molar-refractivity contribution < 1.29 is 17.7 Å². The molecule has 0 N–H and O–H groups in total. The van der Waals surface area contributed by atoms with Crippen LogP contribution in [0.5, 0.6) is 5.75 Å². The predicted octanol–water partition coefficient (Wildman–Crippen LogP) is 3.46. The topological polar surface area (TPSA) is 75.9 Å². The zero-order valence-corrected chi connectivity index (χ0v) is 18.8. The van der Waals surface area contributed by atoms with Crippen LogP contribution in [0.3, 0.4) is 0 Å². The summed E-state index contributed by atoms with van der Waals surface area (Å²) in [5.41, 5.74) is 2.37. The summed E-state index contributed by atoms with van der Waals surface area (Å²) in [6.07, 6.45) is 2.25. The molecule has 1 fully saturated rings. The van der Waals surface area contributed by atoms with E-state index in [9.17, 15) is 8.42 Å². The Labute approximate surface area is 173 Å². The average molecular weight is 422 g/mol. The Morgan fingerprint density at radius 2 is 1.90 bits per heavy atom. The molecule has 0 spiro atoms. The van der Waals surface area contributed by atoms with E-state index in [0.717, 1.165) is 37.2 Å². The van der Waals surface area contributed by atoms with E-state index < -0.39 is 10.0 Å². The van der Waals surface area contributed by atoms with Gasteiger partial charge in [-0.15, -0.1) is 0 Å². The maximum Gasteiger partial charge on any atom is 0.246 e. The van der Waals surface area contributed by atoms with Crippen LogP contribution < -0.4 is 4.74 Å². The molecule has 0 bridgehead atoms. The van der Waals surface area contributed by atoms with Crippen LogP contribution in [0.4, 0.5) is 0 Å². The molecule has 1 aliphatic rings. The van der Waals surface area contributed by atoms with Crippen LogP contribution in [-0.4, -0.2) is 62.1 Å². The summed E-state index contributed by atoms with van der Waals surface area (Å²) in [6.45, 7) is 10.6. The molecule has 0 unspecified atom stereocenters. The van der Waals surface area contributed by atoms with Gasteiger partial charge in [-0.25, -0.2) is 8.42 Å². The molecule has 0 amide bonds. The maximum absolute atomic E-state index is 13.4. The Bertz CT molecular complexity index is 947. The smallest absolute Gasteiger partial charge is 0.246 e. The third-order valence-corrected chi connectivity index (χ3v) is 7.72. The van der Waals surface area contributed by atoms with Gasteiger partial charge >= 0.3 is 0 Å². The molecular weight excluding hydrogens is 390 g/mol. The highest BCUT2D eigenvalue weighted by Crippen LogP contribution is 2.34. The summed E-state index contributed by atoms with van der Waals surface area (Å²) in [7, 11) is -2.19. The molecule has 2 aromatic rings. The molecule has 3 rings (SSSR count). The van der Waals surface area contributed by atoms with Crippen molar-refractivity contribution in [2.45, 2.75) is 51.5 Å². The first kappa shape index (κ1) is 21.8. The lowest BCUT2D eigenvalue weighted by atomic mass is 10.1. The quantitative estimate of drug-likeness (QED) is 0.681. The molecule has 1 atom stereocenters. The monoisotopic (exact) mass is 421 g/mol. The molecular formula is C21H31N3O4S. The summed E-state index contributed by atoms with van der Waals surface area (Å²) < 4.78 is 39.2. The Morgan fingerprint density at radius 1 is 1.21 bits per heavy atom. The summed E-state index contributed by atoms with van der Waals surface area (Å²) >= 11 is 0. The number of sulfonamides is 1. The van der Waals surface area contributed by atoms with E-state index in [2.05, 4.69) is 23.9 Å². The van der Waals surface area contributed by atoms with Crippen molar-refractivity contribution in [3.8, 4) is 17.1 Å². The third kappa shape index (κ3) is 4.34. The van der Waals surface area contributed by atoms with Gasteiger partial charge in [0.1, 0.15) is 10.6 Å². The molecule has 1 aliphatic heterocycles. The molecule has 2 heterocycles. The van der Waals surface area contributed by atoms with E-state index in [1.165, 1.54) is 7.11 Å². The van der Waals surface area contributed by atoms with Gasteiger partial charge in [-0.3, -0.25) is 4.90 Å². The molecule has 8 heteroatoms. The predicted molar refractivity (Wildman–Crippen MR) is 113 cm³/mol. The molecule has 160 valence electrons. The largest absolute Gasteiger partial charge is 0.495 e. The van der Waals surface area contributed by atoms with Crippen LogP contribution in [0.15, 0.2) is 27.6 Å². The zero-order chi connectivity index (χ0) is 21.2. The van der Waals surface area contributed by atoms with Gasteiger partial charge in [0.05, 0.1) is 12.8 Å². The minimum absolute atomic E-state index is 0.168. The van der Waals surface area contributed by atoms with Gasteiger partial charge in [-0.05, 0) is 45.4 Å². The van der Waals surface area contributed by atoms with Crippen LogP contribution in [0, 0.1) is 13.8 Å².